The van der Waals surface area contributed by atoms with E-state index in [1.165, 1.54) is 13.8 Å². The molecule has 1 rings (SSSR count). The van der Waals surface area contributed by atoms with Gasteiger partial charge in [0.1, 0.15) is 17.4 Å². The van der Waals surface area contributed by atoms with E-state index >= 15 is 0 Å². The molecule has 94 valence electrons. The summed E-state index contributed by atoms with van der Waals surface area (Å²) in [7, 11) is -3.66. The molecule has 3 nitrogen and oxygen atoms in total. The lowest BCUT2D eigenvalue weighted by Crippen LogP contribution is -2.24. The van der Waals surface area contributed by atoms with Crippen molar-refractivity contribution >= 4 is 15.6 Å². The van der Waals surface area contributed by atoms with Crippen LogP contribution in [0.2, 0.25) is 0 Å². The molecule has 0 aromatic heterocycles. The molecular formula is C11H12F2O3S. The number of sulfone groups is 1. The Balaban J connectivity index is 3.08. The fraction of sp³-hybridized carbons (Fsp3) is 0.364. The van der Waals surface area contributed by atoms with Gasteiger partial charge in [-0.15, -0.1) is 0 Å². The summed E-state index contributed by atoms with van der Waals surface area (Å²) in [5.74, 6) is -4.04. The van der Waals surface area contributed by atoms with Gasteiger partial charge >= 0.3 is 0 Å². The van der Waals surface area contributed by atoms with E-state index in [1.54, 1.807) is 0 Å². The van der Waals surface area contributed by atoms with Crippen LogP contribution in [0.3, 0.4) is 0 Å². The molecule has 17 heavy (non-hydrogen) atoms. The molecule has 0 amide bonds. The van der Waals surface area contributed by atoms with Gasteiger partial charge in [0.15, 0.2) is 15.6 Å². The lowest BCUT2D eigenvalue weighted by atomic mass is 10.1. The van der Waals surface area contributed by atoms with Gasteiger partial charge in [-0.05, 0) is 26.0 Å². The van der Waals surface area contributed by atoms with Crippen molar-refractivity contribution in [2.45, 2.75) is 19.1 Å². The highest BCUT2D eigenvalue weighted by atomic mass is 32.2. The van der Waals surface area contributed by atoms with Gasteiger partial charge in [0.2, 0.25) is 0 Å². The predicted molar refractivity (Wildman–Crippen MR) is 59.6 cm³/mol. The first-order chi connectivity index (χ1) is 7.75. The van der Waals surface area contributed by atoms with Crippen LogP contribution in [0.4, 0.5) is 8.78 Å². The van der Waals surface area contributed by atoms with Crippen LogP contribution in [0.15, 0.2) is 18.2 Å². The van der Waals surface area contributed by atoms with Crippen molar-refractivity contribution in [1.82, 2.24) is 0 Å². The summed E-state index contributed by atoms with van der Waals surface area (Å²) in [4.78, 5) is 11.5. The third kappa shape index (κ3) is 3.09. The van der Waals surface area contributed by atoms with Crippen molar-refractivity contribution in [2.24, 2.45) is 0 Å². The first-order valence-electron chi connectivity index (χ1n) is 4.94. The highest BCUT2D eigenvalue weighted by Crippen LogP contribution is 2.14. The van der Waals surface area contributed by atoms with Gasteiger partial charge in [-0.3, -0.25) is 4.79 Å². The molecule has 0 aliphatic rings. The van der Waals surface area contributed by atoms with Gasteiger partial charge in [0.05, 0.1) is 10.8 Å². The van der Waals surface area contributed by atoms with E-state index < -0.39 is 43.8 Å². The van der Waals surface area contributed by atoms with Crippen molar-refractivity contribution in [1.29, 1.82) is 0 Å². The number of hydrogen-bond acceptors (Lipinski definition) is 3. The van der Waals surface area contributed by atoms with Crippen molar-refractivity contribution in [3.63, 3.8) is 0 Å². The Morgan fingerprint density at radius 3 is 2.12 bits per heavy atom. The van der Waals surface area contributed by atoms with Crippen LogP contribution in [-0.4, -0.2) is 25.2 Å². The molecule has 0 saturated heterocycles. The molecule has 1 aromatic rings. The van der Waals surface area contributed by atoms with Crippen LogP contribution in [0.5, 0.6) is 0 Å². The van der Waals surface area contributed by atoms with Gasteiger partial charge in [-0.1, -0.05) is 6.07 Å². The van der Waals surface area contributed by atoms with Crippen molar-refractivity contribution in [3.05, 3.63) is 35.4 Å². The number of Topliss-reactive ketones (excluding diaryl/α,β-unsaturated/α-hetero) is 1. The summed E-state index contributed by atoms with van der Waals surface area (Å²) in [6, 6.07) is 2.94. The normalized spacial score (nSPS) is 11.8. The molecule has 1 aromatic carbocycles. The molecule has 0 aliphatic heterocycles. The van der Waals surface area contributed by atoms with Crippen LogP contribution in [0, 0.1) is 11.6 Å². The lowest BCUT2D eigenvalue weighted by molar-refractivity contribution is 0.101. The van der Waals surface area contributed by atoms with Crippen LogP contribution >= 0.6 is 0 Å². The topological polar surface area (TPSA) is 51.2 Å². The smallest absolute Gasteiger partial charge is 0.183 e. The third-order valence-electron chi connectivity index (χ3n) is 2.29. The zero-order valence-electron chi connectivity index (χ0n) is 9.41. The summed E-state index contributed by atoms with van der Waals surface area (Å²) in [5.41, 5.74) is -0.795. The van der Waals surface area contributed by atoms with Crippen molar-refractivity contribution in [2.75, 3.05) is 5.75 Å². The second-order valence-electron chi connectivity index (χ2n) is 3.88. The fourth-order valence-electron chi connectivity index (χ4n) is 1.19. The monoisotopic (exact) mass is 262 g/mol. The van der Waals surface area contributed by atoms with Crippen LogP contribution in [0.25, 0.3) is 0 Å². The van der Waals surface area contributed by atoms with E-state index in [2.05, 4.69) is 0 Å². The van der Waals surface area contributed by atoms with Crippen molar-refractivity contribution < 1.29 is 22.0 Å². The minimum absolute atomic E-state index is 0.763. The van der Waals surface area contributed by atoms with E-state index in [-0.39, 0.29) is 0 Å². The Hall–Kier alpha value is -1.30. The lowest BCUT2D eigenvalue weighted by Gasteiger charge is -2.07. The zero-order valence-corrected chi connectivity index (χ0v) is 10.2. The minimum atomic E-state index is -3.66. The Morgan fingerprint density at radius 2 is 1.71 bits per heavy atom. The molecule has 0 aliphatic carbocycles. The molecule has 0 heterocycles. The Kier molecular flexibility index (Phi) is 3.98. The second kappa shape index (κ2) is 4.91. The maximum absolute atomic E-state index is 13.2. The summed E-state index contributed by atoms with van der Waals surface area (Å²) < 4.78 is 49.4. The SMILES string of the molecule is CC(C)S(=O)(=O)CC(=O)c1c(F)cccc1F. The molecule has 0 N–H and O–H groups in total. The summed E-state index contributed by atoms with van der Waals surface area (Å²) >= 11 is 0. The molecular weight excluding hydrogens is 250 g/mol. The first kappa shape index (κ1) is 13.8. The number of carbonyl (C=O) groups is 1. The molecule has 0 bridgehead atoms. The predicted octanol–water partition coefficient (Wildman–Crippen LogP) is 1.97. The molecule has 6 heteroatoms. The largest absolute Gasteiger partial charge is 0.293 e. The minimum Gasteiger partial charge on any atom is -0.293 e. The summed E-state index contributed by atoms with van der Waals surface area (Å²) in [6.07, 6.45) is 0. The third-order valence-corrected chi connectivity index (χ3v) is 4.39. The quantitative estimate of drug-likeness (QED) is 0.779. The second-order valence-corrected chi connectivity index (χ2v) is 6.43. The number of rotatable bonds is 4. The van der Waals surface area contributed by atoms with Gasteiger partial charge in [-0.25, -0.2) is 17.2 Å². The van der Waals surface area contributed by atoms with Crippen LogP contribution in [-0.2, 0) is 9.84 Å². The Morgan fingerprint density at radius 1 is 1.24 bits per heavy atom. The van der Waals surface area contributed by atoms with E-state index in [4.69, 9.17) is 0 Å². The summed E-state index contributed by atoms with van der Waals surface area (Å²) in [5, 5.41) is -0.763. The number of carbonyl (C=O) groups excluding carboxylic acids is 1. The fourth-order valence-corrected chi connectivity index (χ4v) is 2.03. The van der Waals surface area contributed by atoms with Gasteiger partial charge < -0.3 is 0 Å². The van der Waals surface area contributed by atoms with E-state index in [0.29, 0.717) is 0 Å². The number of hydrogen-bond donors (Lipinski definition) is 0. The molecule has 0 atom stereocenters. The average Bonchev–Trinajstić information content (AvgIpc) is 2.15. The number of ketones is 1. The molecule has 0 unspecified atom stereocenters. The van der Waals surface area contributed by atoms with Crippen molar-refractivity contribution in [3.8, 4) is 0 Å². The molecule has 0 fully saturated rings. The van der Waals surface area contributed by atoms with E-state index in [1.807, 2.05) is 0 Å². The summed E-state index contributed by atoms with van der Waals surface area (Å²) in [6.45, 7) is 2.81. The van der Waals surface area contributed by atoms with Gasteiger partial charge in [0, 0.05) is 0 Å². The maximum Gasteiger partial charge on any atom is 0.183 e. The van der Waals surface area contributed by atoms with Crippen LogP contribution < -0.4 is 0 Å². The first-order valence-corrected chi connectivity index (χ1v) is 6.66. The highest BCUT2D eigenvalue weighted by Gasteiger charge is 2.25. The zero-order chi connectivity index (χ0) is 13.2. The standard InChI is InChI=1S/C11H12F2O3S/c1-7(2)17(15,16)6-10(14)11-8(12)4-3-5-9(11)13/h3-5,7H,6H2,1-2H3. The number of benzene rings is 1. The van der Waals surface area contributed by atoms with Gasteiger partial charge in [-0.2, -0.15) is 0 Å². The Labute approximate surface area is 98.4 Å². The molecule has 0 spiro atoms. The van der Waals surface area contributed by atoms with Gasteiger partial charge in [0.25, 0.3) is 0 Å². The average molecular weight is 262 g/mol. The van der Waals surface area contributed by atoms with Crippen LogP contribution in [0.1, 0.15) is 24.2 Å². The maximum atomic E-state index is 13.2. The van der Waals surface area contributed by atoms with E-state index in [9.17, 15) is 22.0 Å². The van der Waals surface area contributed by atoms with E-state index in [0.717, 1.165) is 18.2 Å². The molecule has 0 saturated carbocycles. The molecule has 0 radical (unpaired) electrons. The highest BCUT2D eigenvalue weighted by molar-refractivity contribution is 7.92. The Bertz CT molecular complexity index is 515. The number of halogens is 2.